The molecule has 0 aromatic heterocycles. The summed E-state index contributed by atoms with van der Waals surface area (Å²) < 4.78 is 5.01. The molecule has 0 aliphatic heterocycles. The second-order valence-electron chi connectivity index (χ2n) is 4.42. The SMILES string of the molecule is CC(C)(C)OC(=O)NC/C(N)=C/N(N)CC=O. The molecule has 0 aliphatic rings. The van der Waals surface area contributed by atoms with Gasteiger partial charge in [0.1, 0.15) is 11.9 Å². The van der Waals surface area contributed by atoms with E-state index in [0.717, 1.165) is 5.01 Å². The van der Waals surface area contributed by atoms with Crippen LogP contribution in [0.1, 0.15) is 20.8 Å². The standard InChI is InChI=1S/C10H20N4O3/c1-10(2,3)17-9(16)13-6-8(11)7-14(12)4-5-15/h5,7H,4,6,11-12H2,1-3H3,(H,13,16)/b8-7-. The van der Waals surface area contributed by atoms with E-state index < -0.39 is 11.7 Å². The smallest absolute Gasteiger partial charge is 0.407 e. The van der Waals surface area contributed by atoms with Crippen LogP contribution in [-0.4, -0.2) is 36.1 Å². The van der Waals surface area contributed by atoms with Gasteiger partial charge in [-0.25, -0.2) is 10.6 Å². The number of amides is 1. The molecule has 0 spiro atoms. The van der Waals surface area contributed by atoms with Gasteiger partial charge in [-0.15, -0.1) is 0 Å². The van der Waals surface area contributed by atoms with Gasteiger partial charge in [0.05, 0.1) is 13.1 Å². The molecule has 1 amide bonds. The van der Waals surface area contributed by atoms with Crippen LogP contribution in [0, 0.1) is 0 Å². The lowest BCUT2D eigenvalue weighted by molar-refractivity contribution is -0.108. The summed E-state index contributed by atoms with van der Waals surface area (Å²) in [7, 11) is 0. The maximum Gasteiger partial charge on any atom is 0.407 e. The van der Waals surface area contributed by atoms with Crippen LogP contribution in [0.3, 0.4) is 0 Å². The summed E-state index contributed by atoms with van der Waals surface area (Å²) in [6.07, 6.45) is 1.45. The van der Waals surface area contributed by atoms with Crippen molar-refractivity contribution in [2.75, 3.05) is 13.1 Å². The summed E-state index contributed by atoms with van der Waals surface area (Å²) >= 11 is 0. The fourth-order valence-electron chi connectivity index (χ4n) is 0.886. The van der Waals surface area contributed by atoms with Gasteiger partial charge >= 0.3 is 6.09 Å². The van der Waals surface area contributed by atoms with Gasteiger partial charge in [-0.3, -0.25) is 0 Å². The molecule has 0 saturated heterocycles. The molecule has 0 aliphatic carbocycles. The van der Waals surface area contributed by atoms with E-state index in [9.17, 15) is 9.59 Å². The topological polar surface area (TPSA) is 111 Å². The minimum absolute atomic E-state index is 0.0349. The molecule has 0 saturated carbocycles. The van der Waals surface area contributed by atoms with Crippen molar-refractivity contribution in [2.45, 2.75) is 26.4 Å². The third-order valence-corrected chi connectivity index (χ3v) is 1.45. The normalized spacial score (nSPS) is 11.9. The first-order valence-electron chi connectivity index (χ1n) is 5.12. The van der Waals surface area contributed by atoms with Crippen molar-refractivity contribution in [3.63, 3.8) is 0 Å². The van der Waals surface area contributed by atoms with Crippen LogP contribution in [0.2, 0.25) is 0 Å². The molecule has 0 fully saturated rings. The van der Waals surface area contributed by atoms with Crippen LogP contribution in [0.15, 0.2) is 11.9 Å². The Morgan fingerprint density at radius 2 is 2.06 bits per heavy atom. The predicted octanol–water partition coefficient (Wildman–Crippen LogP) is -0.314. The lowest BCUT2D eigenvalue weighted by atomic mass is 10.2. The van der Waals surface area contributed by atoms with Gasteiger partial charge in [0.25, 0.3) is 0 Å². The number of aldehydes is 1. The number of hydrogen-bond donors (Lipinski definition) is 3. The molecule has 17 heavy (non-hydrogen) atoms. The average molecular weight is 244 g/mol. The lowest BCUT2D eigenvalue weighted by Crippen LogP contribution is -2.36. The van der Waals surface area contributed by atoms with Crippen molar-refractivity contribution in [2.24, 2.45) is 11.6 Å². The van der Waals surface area contributed by atoms with Crippen molar-refractivity contribution in [1.82, 2.24) is 10.3 Å². The molecular formula is C10H20N4O3. The van der Waals surface area contributed by atoms with Gasteiger partial charge in [0, 0.05) is 11.9 Å². The summed E-state index contributed by atoms with van der Waals surface area (Å²) in [5.74, 6) is 5.40. The Morgan fingerprint density at radius 3 is 2.53 bits per heavy atom. The molecule has 0 aromatic carbocycles. The zero-order chi connectivity index (χ0) is 13.5. The van der Waals surface area contributed by atoms with Gasteiger partial charge in [-0.2, -0.15) is 0 Å². The number of nitrogens with zero attached hydrogens (tertiary/aromatic N) is 1. The molecule has 98 valence electrons. The van der Waals surface area contributed by atoms with E-state index in [1.807, 2.05) is 0 Å². The Labute approximate surface area is 101 Å². The molecule has 0 unspecified atom stereocenters. The molecule has 7 nitrogen and oxygen atoms in total. The fourth-order valence-corrected chi connectivity index (χ4v) is 0.886. The Bertz CT molecular complexity index is 296. The van der Waals surface area contributed by atoms with E-state index in [1.165, 1.54) is 6.20 Å². The van der Waals surface area contributed by atoms with E-state index >= 15 is 0 Å². The number of carbonyl (C=O) groups is 2. The maximum atomic E-state index is 11.3. The summed E-state index contributed by atoms with van der Waals surface area (Å²) in [4.78, 5) is 21.4. The molecule has 0 atom stereocenters. The quantitative estimate of drug-likeness (QED) is 0.347. The van der Waals surface area contributed by atoms with Gasteiger partial charge in [-0.1, -0.05) is 0 Å². The average Bonchev–Trinajstić information content (AvgIpc) is 2.12. The van der Waals surface area contributed by atoms with Crippen molar-refractivity contribution in [1.29, 1.82) is 0 Å². The Kier molecular flexibility index (Phi) is 6.05. The number of hydrazine groups is 1. The number of rotatable bonds is 5. The minimum atomic E-state index is -0.562. The number of carbonyl (C=O) groups excluding carboxylic acids is 2. The second kappa shape index (κ2) is 6.74. The number of ether oxygens (including phenoxy) is 1. The molecule has 0 aromatic rings. The first kappa shape index (κ1) is 15.2. The van der Waals surface area contributed by atoms with Crippen molar-refractivity contribution >= 4 is 12.4 Å². The van der Waals surface area contributed by atoms with Crippen LogP contribution in [0.5, 0.6) is 0 Å². The summed E-state index contributed by atoms with van der Waals surface area (Å²) in [5.41, 5.74) is 5.33. The van der Waals surface area contributed by atoms with Crippen LogP contribution in [-0.2, 0) is 9.53 Å². The molecular weight excluding hydrogens is 224 g/mol. The zero-order valence-electron chi connectivity index (χ0n) is 10.4. The zero-order valence-corrected chi connectivity index (χ0v) is 10.4. The van der Waals surface area contributed by atoms with Crippen LogP contribution < -0.4 is 16.9 Å². The third-order valence-electron chi connectivity index (χ3n) is 1.45. The summed E-state index contributed by atoms with van der Waals surface area (Å²) in [6, 6.07) is 0. The largest absolute Gasteiger partial charge is 0.444 e. The van der Waals surface area contributed by atoms with Gasteiger partial charge in [0.15, 0.2) is 0 Å². The molecule has 7 heteroatoms. The molecule has 0 radical (unpaired) electrons. The first-order chi connectivity index (χ1) is 7.74. The van der Waals surface area contributed by atoms with Crippen molar-refractivity contribution in [3.05, 3.63) is 11.9 Å². The second-order valence-corrected chi connectivity index (χ2v) is 4.42. The lowest BCUT2D eigenvalue weighted by Gasteiger charge is -2.20. The van der Waals surface area contributed by atoms with Crippen LogP contribution in [0.25, 0.3) is 0 Å². The van der Waals surface area contributed by atoms with Crippen molar-refractivity contribution < 1.29 is 14.3 Å². The van der Waals surface area contributed by atoms with E-state index in [4.69, 9.17) is 16.3 Å². The maximum absolute atomic E-state index is 11.3. The molecule has 0 rings (SSSR count). The third kappa shape index (κ3) is 9.19. The highest BCUT2D eigenvalue weighted by Crippen LogP contribution is 2.06. The monoisotopic (exact) mass is 244 g/mol. The highest BCUT2D eigenvalue weighted by atomic mass is 16.6. The van der Waals surface area contributed by atoms with Gasteiger partial charge < -0.3 is 25.6 Å². The Morgan fingerprint density at radius 1 is 1.47 bits per heavy atom. The first-order valence-corrected chi connectivity index (χ1v) is 5.12. The molecule has 0 heterocycles. The number of nitrogens with one attached hydrogen (secondary N) is 1. The van der Waals surface area contributed by atoms with Gasteiger partial charge in [0.2, 0.25) is 0 Å². The minimum Gasteiger partial charge on any atom is -0.444 e. The molecule has 0 bridgehead atoms. The number of hydrogen-bond acceptors (Lipinski definition) is 6. The highest BCUT2D eigenvalue weighted by molar-refractivity contribution is 5.67. The predicted molar refractivity (Wildman–Crippen MR) is 63.5 cm³/mol. The van der Waals surface area contributed by atoms with E-state index in [2.05, 4.69) is 5.32 Å². The number of alkyl carbamates (subject to hydrolysis) is 1. The van der Waals surface area contributed by atoms with E-state index in [-0.39, 0.29) is 13.1 Å². The highest BCUT2D eigenvalue weighted by Gasteiger charge is 2.15. The molecule has 5 N–H and O–H groups in total. The Balaban J connectivity index is 4.03. The summed E-state index contributed by atoms with van der Waals surface area (Å²) in [6.45, 7) is 5.42. The van der Waals surface area contributed by atoms with Crippen LogP contribution in [0.4, 0.5) is 4.79 Å². The van der Waals surface area contributed by atoms with Crippen LogP contribution >= 0.6 is 0 Å². The fraction of sp³-hybridized carbons (Fsp3) is 0.600. The van der Waals surface area contributed by atoms with E-state index in [0.29, 0.717) is 12.0 Å². The van der Waals surface area contributed by atoms with E-state index in [1.54, 1.807) is 20.8 Å². The van der Waals surface area contributed by atoms with Gasteiger partial charge in [-0.05, 0) is 20.8 Å². The van der Waals surface area contributed by atoms with Crippen molar-refractivity contribution in [3.8, 4) is 0 Å². The Hall–Kier alpha value is -1.76. The summed E-state index contributed by atoms with van der Waals surface area (Å²) in [5, 5.41) is 3.59. The number of nitrogens with two attached hydrogens (primary N) is 2.